The summed E-state index contributed by atoms with van der Waals surface area (Å²) in [5.74, 6) is -0.218. The Morgan fingerprint density at radius 1 is 1.08 bits per heavy atom. The van der Waals surface area contributed by atoms with Gasteiger partial charge in [0.25, 0.3) is 11.5 Å². The average molecular weight is 540 g/mol. The zero-order chi connectivity index (χ0) is 27.4. The van der Waals surface area contributed by atoms with Crippen LogP contribution in [0.5, 0.6) is 17.2 Å². The van der Waals surface area contributed by atoms with Crippen molar-refractivity contribution in [3.8, 4) is 22.4 Å². The molecule has 0 fully saturated rings. The van der Waals surface area contributed by atoms with E-state index < -0.39 is 17.4 Å². The molecule has 198 valence electrons. The van der Waals surface area contributed by atoms with E-state index in [0.717, 1.165) is 10.2 Å². The number of nitrogens with zero attached hydrogens (tertiary/aromatic N) is 3. The van der Waals surface area contributed by atoms with E-state index in [1.54, 1.807) is 6.92 Å². The summed E-state index contributed by atoms with van der Waals surface area (Å²) >= 11 is 1.31. The Bertz CT molecular complexity index is 1540. The molecule has 0 unspecified atom stereocenters. The van der Waals surface area contributed by atoms with Crippen molar-refractivity contribution in [3.05, 3.63) is 63.6 Å². The highest BCUT2D eigenvalue weighted by molar-refractivity contribution is 7.20. The number of para-hydroxylation sites is 1. The van der Waals surface area contributed by atoms with E-state index in [0.29, 0.717) is 22.4 Å². The fraction of sp³-hybridized carbons (Fsp3) is 0.240. The van der Waals surface area contributed by atoms with Crippen molar-refractivity contribution in [2.75, 3.05) is 28.4 Å². The number of thiazole rings is 1. The van der Waals surface area contributed by atoms with Gasteiger partial charge in [0.15, 0.2) is 11.5 Å². The Morgan fingerprint density at radius 3 is 2.37 bits per heavy atom. The lowest BCUT2D eigenvalue weighted by molar-refractivity contribution is -0.139. The molecular weight excluding hydrogens is 514 g/mol. The number of nitrogens with one attached hydrogen (secondary N) is 2. The number of carbonyl (C=O) groups is 2. The number of H-pyrrole nitrogens is 1. The van der Waals surface area contributed by atoms with E-state index in [-0.39, 0.29) is 29.0 Å². The van der Waals surface area contributed by atoms with Gasteiger partial charge in [0, 0.05) is 5.56 Å². The first-order valence-corrected chi connectivity index (χ1v) is 12.0. The summed E-state index contributed by atoms with van der Waals surface area (Å²) in [4.78, 5) is 42.9. The van der Waals surface area contributed by atoms with Crippen molar-refractivity contribution in [2.24, 2.45) is 5.10 Å². The van der Waals surface area contributed by atoms with E-state index in [1.807, 2.05) is 24.3 Å². The number of hydrazone groups is 1. The van der Waals surface area contributed by atoms with E-state index in [9.17, 15) is 14.4 Å². The normalized spacial score (nSPS) is 11.3. The van der Waals surface area contributed by atoms with Gasteiger partial charge in [-0.25, -0.2) is 10.4 Å². The minimum Gasteiger partial charge on any atom is -0.493 e. The summed E-state index contributed by atoms with van der Waals surface area (Å²) in [5, 5.41) is 7.47. The topological polar surface area (TPSA) is 146 Å². The second kappa shape index (κ2) is 11.2. The van der Waals surface area contributed by atoms with Crippen molar-refractivity contribution in [1.82, 2.24) is 20.2 Å². The van der Waals surface area contributed by atoms with Gasteiger partial charge in [-0.05, 0) is 31.2 Å². The van der Waals surface area contributed by atoms with E-state index >= 15 is 0 Å². The lowest BCUT2D eigenvalue weighted by Crippen LogP contribution is -2.24. The van der Waals surface area contributed by atoms with Gasteiger partial charge < -0.3 is 18.9 Å². The molecule has 13 heteroatoms. The molecule has 0 spiro atoms. The smallest absolute Gasteiger partial charge is 0.311 e. The Hall–Kier alpha value is -4.65. The zero-order valence-electron chi connectivity index (χ0n) is 21.3. The summed E-state index contributed by atoms with van der Waals surface area (Å²) in [6, 6.07) is 10.4. The molecule has 0 aliphatic heterocycles. The number of rotatable bonds is 9. The van der Waals surface area contributed by atoms with Gasteiger partial charge in [-0.3, -0.25) is 19.5 Å². The Balaban J connectivity index is 1.70. The lowest BCUT2D eigenvalue weighted by atomic mass is 10.1. The molecule has 4 aromatic rings. The minimum absolute atomic E-state index is 0.111. The number of amides is 1. The summed E-state index contributed by atoms with van der Waals surface area (Å²) in [6.07, 6.45) is -0.216. The van der Waals surface area contributed by atoms with Crippen molar-refractivity contribution in [2.45, 2.75) is 13.3 Å². The van der Waals surface area contributed by atoms with Gasteiger partial charge in [-0.15, -0.1) is 0 Å². The van der Waals surface area contributed by atoms with Crippen LogP contribution in [0.25, 0.3) is 15.3 Å². The van der Waals surface area contributed by atoms with Gasteiger partial charge in [0.05, 0.1) is 62.0 Å². The minimum atomic E-state index is -0.583. The number of hydrogen-bond donors (Lipinski definition) is 2. The van der Waals surface area contributed by atoms with Crippen LogP contribution in [0.4, 0.5) is 0 Å². The molecule has 12 nitrogen and oxygen atoms in total. The van der Waals surface area contributed by atoms with Crippen LogP contribution in [0, 0.1) is 0 Å². The third-order valence-corrected chi connectivity index (χ3v) is 6.62. The summed E-state index contributed by atoms with van der Waals surface area (Å²) < 4.78 is 22.8. The van der Waals surface area contributed by atoms with Crippen LogP contribution in [0.1, 0.15) is 28.5 Å². The van der Waals surface area contributed by atoms with Gasteiger partial charge in [0.2, 0.25) is 10.9 Å². The maximum atomic E-state index is 13.4. The molecule has 2 N–H and O–H groups in total. The SMILES string of the molecule is COC(=O)Cc1[nH]n(-c2nc3ccccc3s2)c(=O)c1C(C)=NNC(=O)c1cc(OC)c(OC)c(OC)c1. The first-order chi connectivity index (χ1) is 18.3. The van der Waals surface area contributed by atoms with Crippen LogP contribution in [-0.4, -0.2) is 60.8 Å². The molecule has 4 rings (SSSR count). The molecule has 2 aromatic carbocycles. The fourth-order valence-corrected chi connectivity index (χ4v) is 4.68. The van der Waals surface area contributed by atoms with Crippen LogP contribution >= 0.6 is 11.3 Å². The van der Waals surface area contributed by atoms with Crippen LogP contribution in [0.2, 0.25) is 0 Å². The number of hydrogen-bond acceptors (Lipinski definition) is 10. The number of aromatic nitrogens is 3. The van der Waals surface area contributed by atoms with Crippen molar-refractivity contribution in [3.63, 3.8) is 0 Å². The van der Waals surface area contributed by atoms with Crippen LogP contribution in [0.3, 0.4) is 0 Å². The predicted molar refractivity (Wildman–Crippen MR) is 141 cm³/mol. The second-order valence-electron chi connectivity index (χ2n) is 7.88. The molecule has 0 aliphatic rings. The third kappa shape index (κ3) is 5.09. The zero-order valence-corrected chi connectivity index (χ0v) is 22.1. The van der Waals surface area contributed by atoms with Crippen LogP contribution in [0.15, 0.2) is 46.3 Å². The third-order valence-electron chi connectivity index (χ3n) is 5.60. The van der Waals surface area contributed by atoms with E-state index in [1.165, 1.54) is 56.6 Å². The lowest BCUT2D eigenvalue weighted by Gasteiger charge is -2.13. The summed E-state index contributed by atoms with van der Waals surface area (Å²) in [7, 11) is 5.58. The highest BCUT2D eigenvalue weighted by Crippen LogP contribution is 2.38. The molecule has 0 atom stereocenters. The van der Waals surface area contributed by atoms with E-state index in [4.69, 9.17) is 18.9 Å². The Morgan fingerprint density at radius 2 is 1.76 bits per heavy atom. The maximum absolute atomic E-state index is 13.4. The predicted octanol–water partition coefficient (Wildman–Crippen LogP) is 2.67. The van der Waals surface area contributed by atoms with Crippen molar-refractivity contribution in [1.29, 1.82) is 0 Å². The monoisotopic (exact) mass is 539 g/mol. The maximum Gasteiger partial charge on any atom is 0.311 e. The van der Waals surface area contributed by atoms with Crippen LogP contribution < -0.4 is 25.2 Å². The average Bonchev–Trinajstić information content (AvgIpc) is 3.50. The number of carbonyl (C=O) groups excluding carboxylic acids is 2. The molecular formula is C25H25N5O7S. The Kier molecular flexibility index (Phi) is 7.76. The molecule has 1 amide bonds. The molecule has 0 aliphatic carbocycles. The highest BCUT2D eigenvalue weighted by atomic mass is 32.1. The number of esters is 1. The molecule has 38 heavy (non-hydrogen) atoms. The molecule has 0 bridgehead atoms. The number of methoxy groups -OCH3 is 4. The molecule has 0 radical (unpaired) electrons. The first-order valence-electron chi connectivity index (χ1n) is 11.2. The molecule has 2 heterocycles. The van der Waals surface area contributed by atoms with Gasteiger partial charge in [0.1, 0.15) is 0 Å². The highest BCUT2D eigenvalue weighted by Gasteiger charge is 2.23. The number of benzene rings is 2. The summed E-state index contributed by atoms with van der Waals surface area (Å²) in [6.45, 7) is 1.55. The number of fused-ring (bicyclic) bond motifs is 1. The van der Waals surface area contributed by atoms with E-state index in [2.05, 4.69) is 20.6 Å². The van der Waals surface area contributed by atoms with Gasteiger partial charge >= 0.3 is 5.97 Å². The Labute approximate surface area is 220 Å². The fourth-order valence-electron chi connectivity index (χ4n) is 3.76. The van der Waals surface area contributed by atoms with Crippen molar-refractivity contribution < 1.29 is 28.5 Å². The van der Waals surface area contributed by atoms with Gasteiger partial charge in [-0.2, -0.15) is 9.78 Å². The van der Waals surface area contributed by atoms with Gasteiger partial charge in [-0.1, -0.05) is 23.5 Å². The van der Waals surface area contributed by atoms with Crippen molar-refractivity contribution >= 4 is 39.1 Å². The quantitative estimate of drug-likeness (QED) is 0.188. The largest absolute Gasteiger partial charge is 0.493 e. The standard InChI is InChI=1S/C25H25N5O7S/c1-13(27-28-23(32)14-10-17(34-2)22(37-5)18(11-14)35-3)21-16(12-20(31)36-4)29-30(24(21)33)25-26-15-8-6-7-9-19(15)38-25/h6-11,29H,12H2,1-5H3,(H,28,32). The number of ether oxygens (including phenoxy) is 4. The van der Waals surface area contributed by atoms with Crippen LogP contribution in [-0.2, 0) is 16.0 Å². The molecule has 0 saturated carbocycles. The first kappa shape index (κ1) is 26.4. The molecule has 2 aromatic heterocycles. The number of aromatic amines is 1. The summed E-state index contributed by atoms with van der Waals surface area (Å²) in [5.41, 5.74) is 3.42. The molecule has 0 saturated heterocycles. The second-order valence-corrected chi connectivity index (χ2v) is 8.88.